The summed E-state index contributed by atoms with van der Waals surface area (Å²) in [4.78, 5) is 13.4. The van der Waals surface area contributed by atoms with Crippen molar-refractivity contribution < 1.29 is 21.6 Å². The molecule has 2 aromatic rings. The van der Waals surface area contributed by atoms with Gasteiger partial charge in [0.1, 0.15) is 4.90 Å². The van der Waals surface area contributed by atoms with Crippen molar-refractivity contribution in [1.82, 2.24) is 8.61 Å². The third-order valence-corrected chi connectivity index (χ3v) is 10.0. The van der Waals surface area contributed by atoms with E-state index in [2.05, 4.69) is 5.32 Å². The van der Waals surface area contributed by atoms with E-state index in [1.807, 2.05) is 0 Å². The second kappa shape index (κ2) is 9.92. The van der Waals surface area contributed by atoms with Gasteiger partial charge in [0, 0.05) is 26.2 Å². The minimum absolute atomic E-state index is 0.0596. The average Bonchev–Trinajstić information content (AvgIpc) is 2.85. The maximum absolute atomic E-state index is 13.2. The van der Waals surface area contributed by atoms with Gasteiger partial charge in [-0.3, -0.25) is 4.79 Å². The van der Waals surface area contributed by atoms with Gasteiger partial charge in [-0.2, -0.15) is 8.61 Å². The number of piperidine rings is 2. The first-order chi connectivity index (χ1) is 15.8. The molecule has 0 saturated carbocycles. The van der Waals surface area contributed by atoms with Gasteiger partial charge in [0.15, 0.2) is 0 Å². The first-order valence-corrected chi connectivity index (χ1v) is 14.1. The number of hydrogen-bond donors (Lipinski definition) is 1. The Balaban J connectivity index is 1.51. The highest BCUT2D eigenvalue weighted by Crippen LogP contribution is 2.29. The number of benzene rings is 2. The molecule has 4 rings (SSSR count). The third kappa shape index (κ3) is 5.13. The van der Waals surface area contributed by atoms with Crippen LogP contribution in [-0.2, 0) is 24.8 Å². The van der Waals surface area contributed by atoms with Gasteiger partial charge in [0.05, 0.1) is 16.5 Å². The Bertz CT molecular complexity index is 1190. The molecule has 8 nitrogen and oxygen atoms in total. The van der Waals surface area contributed by atoms with E-state index in [1.165, 1.54) is 14.7 Å². The standard InChI is InChI=1S/C23H29N3O5S2/c27-23(19-10-9-17-26(18-19)32(28,29)20-11-3-1-4-12-20)24-21-13-5-6-14-22(21)33(30,31)25-15-7-2-8-16-25/h1,3-6,11-14,19H,2,7-10,15-18H2,(H,24,27). The summed E-state index contributed by atoms with van der Waals surface area (Å²) >= 11 is 0. The Morgan fingerprint density at radius 1 is 0.758 bits per heavy atom. The summed E-state index contributed by atoms with van der Waals surface area (Å²) in [6.07, 6.45) is 3.74. The molecular weight excluding hydrogens is 462 g/mol. The lowest BCUT2D eigenvalue weighted by Gasteiger charge is -2.31. The van der Waals surface area contributed by atoms with Crippen molar-refractivity contribution in [2.24, 2.45) is 5.92 Å². The Labute approximate surface area is 195 Å². The molecule has 0 radical (unpaired) electrons. The van der Waals surface area contributed by atoms with E-state index in [0.29, 0.717) is 32.5 Å². The molecule has 178 valence electrons. The Morgan fingerprint density at radius 3 is 2.12 bits per heavy atom. The molecule has 0 bridgehead atoms. The summed E-state index contributed by atoms with van der Waals surface area (Å²) in [5.41, 5.74) is 0.233. The van der Waals surface area contributed by atoms with Gasteiger partial charge < -0.3 is 5.32 Å². The second-order valence-electron chi connectivity index (χ2n) is 8.47. The largest absolute Gasteiger partial charge is 0.325 e. The van der Waals surface area contributed by atoms with Gasteiger partial charge in [-0.1, -0.05) is 36.8 Å². The van der Waals surface area contributed by atoms with Gasteiger partial charge in [-0.15, -0.1) is 0 Å². The van der Waals surface area contributed by atoms with E-state index in [-0.39, 0.29) is 27.9 Å². The Kier molecular flexibility index (Phi) is 7.18. The number of anilines is 1. The van der Waals surface area contributed by atoms with Gasteiger partial charge >= 0.3 is 0 Å². The first-order valence-electron chi connectivity index (χ1n) is 11.3. The number of sulfonamides is 2. The smallest absolute Gasteiger partial charge is 0.245 e. The zero-order valence-electron chi connectivity index (χ0n) is 18.4. The molecule has 2 heterocycles. The van der Waals surface area contributed by atoms with Gasteiger partial charge in [-0.25, -0.2) is 16.8 Å². The fourth-order valence-corrected chi connectivity index (χ4v) is 7.60. The molecular formula is C23H29N3O5S2. The van der Waals surface area contributed by atoms with Crippen LogP contribution in [0.5, 0.6) is 0 Å². The third-order valence-electron chi connectivity index (χ3n) is 6.21. The molecule has 2 aromatic carbocycles. The summed E-state index contributed by atoms with van der Waals surface area (Å²) in [7, 11) is -7.42. The molecule has 1 unspecified atom stereocenters. The first kappa shape index (κ1) is 23.9. The highest BCUT2D eigenvalue weighted by molar-refractivity contribution is 7.89. The molecule has 2 fully saturated rings. The van der Waals surface area contributed by atoms with E-state index in [9.17, 15) is 21.6 Å². The van der Waals surface area contributed by atoms with Crippen LogP contribution in [0.2, 0.25) is 0 Å². The number of para-hydroxylation sites is 1. The quantitative estimate of drug-likeness (QED) is 0.669. The minimum atomic E-state index is -3.73. The van der Waals surface area contributed by atoms with Crippen molar-refractivity contribution in [2.75, 3.05) is 31.5 Å². The predicted molar refractivity (Wildman–Crippen MR) is 126 cm³/mol. The number of amides is 1. The lowest BCUT2D eigenvalue weighted by Crippen LogP contribution is -2.43. The highest BCUT2D eigenvalue weighted by atomic mass is 32.2. The Hall–Kier alpha value is -2.27. The zero-order valence-corrected chi connectivity index (χ0v) is 20.0. The summed E-state index contributed by atoms with van der Waals surface area (Å²) in [5.74, 6) is -0.938. The fraction of sp³-hybridized carbons (Fsp3) is 0.435. The van der Waals surface area contributed by atoms with Crippen LogP contribution < -0.4 is 5.32 Å². The maximum atomic E-state index is 13.2. The number of rotatable bonds is 6. The van der Waals surface area contributed by atoms with Gasteiger partial charge in [0.2, 0.25) is 26.0 Å². The molecule has 1 amide bonds. The van der Waals surface area contributed by atoms with Crippen LogP contribution >= 0.6 is 0 Å². The molecule has 0 aromatic heterocycles. The van der Waals surface area contributed by atoms with Crippen LogP contribution in [-0.4, -0.2) is 57.5 Å². The van der Waals surface area contributed by atoms with Crippen LogP contribution in [0.25, 0.3) is 0 Å². The van der Waals surface area contributed by atoms with Gasteiger partial charge in [0.25, 0.3) is 0 Å². The molecule has 0 spiro atoms. The van der Waals surface area contributed by atoms with Crippen molar-refractivity contribution in [1.29, 1.82) is 0 Å². The van der Waals surface area contributed by atoms with Crippen molar-refractivity contribution in [2.45, 2.75) is 41.9 Å². The SMILES string of the molecule is O=C(Nc1ccccc1S(=O)(=O)N1CCCCC1)C1CCCN(S(=O)(=O)c2ccccc2)C1. The monoisotopic (exact) mass is 491 g/mol. The number of nitrogens with zero attached hydrogens (tertiary/aromatic N) is 2. The average molecular weight is 492 g/mol. The van der Waals surface area contributed by atoms with E-state index < -0.39 is 26.0 Å². The maximum Gasteiger partial charge on any atom is 0.245 e. The highest BCUT2D eigenvalue weighted by Gasteiger charge is 2.34. The number of hydrogen-bond acceptors (Lipinski definition) is 5. The summed E-state index contributed by atoms with van der Waals surface area (Å²) in [5, 5.41) is 2.77. The Morgan fingerprint density at radius 2 is 1.39 bits per heavy atom. The lowest BCUT2D eigenvalue weighted by atomic mass is 9.99. The summed E-state index contributed by atoms with van der Waals surface area (Å²) in [6, 6.07) is 14.6. The topological polar surface area (TPSA) is 104 Å². The zero-order chi connectivity index (χ0) is 23.5. The fourth-order valence-electron chi connectivity index (χ4n) is 4.39. The summed E-state index contributed by atoms with van der Waals surface area (Å²) in [6.45, 7) is 1.35. The van der Waals surface area contributed by atoms with Crippen LogP contribution in [0.15, 0.2) is 64.4 Å². The molecule has 33 heavy (non-hydrogen) atoms. The van der Waals surface area contributed by atoms with Crippen LogP contribution in [0, 0.1) is 5.92 Å². The van der Waals surface area contributed by atoms with Crippen LogP contribution in [0.1, 0.15) is 32.1 Å². The number of carbonyl (C=O) groups excluding carboxylic acids is 1. The molecule has 1 atom stereocenters. The van der Waals surface area contributed by atoms with E-state index in [0.717, 1.165) is 19.3 Å². The molecule has 10 heteroatoms. The van der Waals surface area contributed by atoms with Crippen LogP contribution in [0.4, 0.5) is 5.69 Å². The minimum Gasteiger partial charge on any atom is -0.325 e. The van der Waals surface area contributed by atoms with Crippen molar-refractivity contribution in [3.8, 4) is 0 Å². The van der Waals surface area contributed by atoms with Crippen LogP contribution in [0.3, 0.4) is 0 Å². The number of carbonyl (C=O) groups is 1. The molecule has 2 aliphatic rings. The summed E-state index contributed by atoms with van der Waals surface area (Å²) < 4.78 is 55.2. The van der Waals surface area contributed by atoms with Crippen molar-refractivity contribution in [3.63, 3.8) is 0 Å². The molecule has 1 N–H and O–H groups in total. The molecule has 2 saturated heterocycles. The molecule has 0 aliphatic carbocycles. The van der Waals surface area contributed by atoms with E-state index >= 15 is 0 Å². The van der Waals surface area contributed by atoms with E-state index in [4.69, 9.17) is 0 Å². The second-order valence-corrected chi connectivity index (χ2v) is 12.3. The van der Waals surface area contributed by atoms with Crippen molar-refractivity contribution >= 4 is 31.6 Å². The normalized spacial score (nSPS) is 20.9. The van der Waals surface area contributed by atoms with Crippen molar-refractivity contribution in [3.05, 3.63) is 54.6 Å². The lowest BCUT2D eigenvalue weighted by molar-refractivity contribution is -0.120. The molecule has 2 aliphatic heterocycles. The van der Waals surface area contributed by atoms with E-state index in [1.54, 1.807) is 48.5 Å². The number of nitrogens with one attached hydrogen (secondary N) is 1. The predicted octanol–water partition coefficient (Wildman–Crippen LogP) is 2.90. The van der Waals surface area contributed by atoms with Gasteiger partial charge in [-0.05, 0) is 49.9 Å².